The van der Waals surface area contributed by atoms with Gasteiger partial charge in [-0.05, 0) is 16.5 Å². The monoisotopic (exact) mass is 263 g/mol. The number of hydrogen-bond donors (Lipinski definition) is 2. The van der Waals surface area contributed by atoms with E-state index in [0.717, 1.165) is 5.56 Å². The molecule has 2 N–H and O–H groups in total. The number of nitrogens with one attached hydrogen (secondary N) is 1. The smallest absolute Gasteiger partial charge is 0.330 e. The van der Waals surface area contributed by atoms with E-state index in [0.29, 0.717) is 5.56 Å². The first-order valence-electron chi connectivity index (χ1n) is 6.38. The Hall–Kier alpha value is -1.84. The SMILES string of the molecule is CCC(=O)NC(C(=O)O)c1ccc(C(C)(C)C)cc1. The molecule has 104 valence electrons. The van der Waals surface area contributed by atoms with E-state index >= 15 is 0 Å². The maximum absolute atomic E-state index is 11.4. The van der Waals surface area contributed by atoms with Crippen molar-refractivity contribution < 1.29 is 14.7 Å². The second kappa shape index (κ2) is 5.87. The van der Waals surface area contributed by atoms with Gasteiger partial charge in [0.25, 0.3) is 0 Å². The summed E-state index contributed by atoms with van der Waals surface area (Å²) in [5, 5.41) is 11.7. The van der Waals surface area contributed by atoms with Crippen LogP contribution in [0.4, 0.5) is 0 Å². The van der Waals surface area contributed by atoms with Crippen LogP contribution in [0.2, 0.25) is 0 Å². The third kappa shape index (κ3) is 4.09. The van der Waals surface area contributed by atoms with E-state index < -0.39 is 12.0 Å². The van der Waals surface area contributed by atoms with Gasteiger partial charge in [-0.2, -0.15) is 0 Å². The topological polar surface area (TPSA) is 66.4 Å². The van der Waals surface area contributed by atoms with Crippen LogP contribution in [0.25, 0.3) is 0 Å². The van der Waals surface area contributed by atoms with E-state index in [4.69, 9.17) is 0 Å². The third-order valence-corrected chi connectivity index (χ3v) is 2.98. The minimum absolute atomic E-state index is 0.0178. The molecule has 0 radical (unpaired) electrons. The maximum atomic E-state index is 11.4. The van der Waals surface area contributed by atoms with E-state index in [9.17, 15) is 14.7 Å². The Kier molecular flexibility index (Phi) is 4.70. The Bertz CT molecular complexity index is 457. The van der Waals surface area contributed by atoms with Crippen LogP contribution >= 0.6 is 0 Å². The molecule has 0 aliphatic carbocycles. The van der Waals surface area contributed by atoms with Crippen LogP contribution < -0.4 is 5.32 Å². The Labute approximate surface area is 113 Å². The zero-order valence-electron chi connectivity index (χ0n) is 11.9. The highest BCUT2D eigenvalue weighted by Gasteiger charge is 2.22. The van der Waals surface area contributed by atoms with Gasteiger partial charge in [-0.1, -0.05) is 52.0 Å². The number of rotatable bonds is 4. The molecule has 1 unspecified atom stereocenters. The first-order chi connectivity index (χ1) is 8.75. The van der Waals surface area contributed by atoms with Gasteiger partial charge in [-0.3, -0.25) is 4.79 Å². The first-order valence-corrected chi connectivity index (χ1v) is 6.38. The molecule has 0 aromatic heterocycles. The summed E-state index contributed by atoms with van der Waals surface area (Å²) in [5.74, 6) is -1.32. The summed E-state index contributed by atoms with van der Waals surface area (Å²) in [6, 6.07) is 6.35. The molecule has 0 aliphatic rings. The highest BCUT2D eigenvalue weighted by molar-refractivity contribution is 5.84. The molecule has 19 heavy (non-hydrogen) atoms. The number of carboxylic acids is 1. The molecular weight excluding hydrogens is 242 g/mol. The summed E-state index contributed by atoms with van der Waals surface area (Å²) in [7, 11) is 0. The number of carbonyl (C=O) groups excluding carboxylic acids is 1. The molecule has 0 saturated heterocycles. The van der Waals surface area contributed by atoms with Crippen molar-refractivity contribution in [2.45, 2.75) is 45.6 Å². The normalized spacial score (nSPS) is 12.8. The Morgan fingerprint density at radius 1 is 1.21 bits per heavy atom. The minimum Gasteiger partial charge on any atom is -0.479 e. The molecule has 0 saturated carbocycles. The highest BCUT2D eigenvalue weighted by Crippen LogP contribution is 2.24. The molecule has 0 fully saturated rings. The molecule has 0 aliphatic heterocycles. The van der Waals surface area contributed by atoms with Crippen LogP contribution in [-0.4, -0.2) is 17.0 Å². The van der Waals surface area contributed by atoms with Gasteiger partial charge >= 0.3 is 5.97 Å². The molecule has 1 aromatic rings. The van der Waals surface area contributed by atoms with E-state index in [-0.39, 0.29) is 17.7 Å². The zero-order chi connectivity index (χ0) is 14.6. The highest BCUT2D eigenvalue weighted by atomic mass is 16.4. The molecule has 1 atom stereocenters. The summed E-state index contributed by atoms with van der Waals surface area (Å²) in [4.78, 5) is 22.6. The average molecular weight is 263 g/mol. The van der Waals surface area contributed by atoms with Crippen molar-refractivity contribution in [2.24, 2.45) is 0 Å². The summed E-state index contributed by atoms with van der Waals surface area (Å²) in [5.41, 5.74) is 1.73. The van der Waals surface area contributed by atoms with Gasteiger partial charge in [-0.15, -0.1) is 0 Å². The molecule has 4 nitrogen and oxygen atoms in total. The van der Waals surface area contributed by atoms with Gasteiger partial charge in [0.2, 0.25) is 5.91 Å². The quantitative estimate of drug-likeness (QED) is 0.877. The predicted molar refractivity (Wildman–Crippen MR) is 74.0 cm³/mol. The van der Waals surface area contributed by atoms with E-state index in [1.54, 1.807) is 19.1 Å². The van der Waals surface area contributed by atoms with Crippen molar-refractivity contribution in [1.82, 2.24) is 5.32 Å². The lowest BCUT2D eigenvalue weighted by Crippen LogP contribution is -2.33. The second-order valence-corrected chi connectivity index (χ2v) is 5.56. The fraction of sp³-hybridized carbons (Fsp3) is 0.467. The number of benzene rings is 1. The Morgan fingerprint density at radius 3 is 2.11 bits per heavy atom. The number of amides is 1. The Balaban J connectivity index is 2.98. The Morgan fingerprint density at radius 2 is 1.74 bits per heavy atom. The summed E-state index contributed by atoms with van der Waals surface area (Å²) in [6.07, 6.45) is 0.268. The van der Waals surface area contributed by atoms with Crippen LogP contribution in [0, 0.1) is 0 Å². The van der Waals surface area contributed by atoms with Crippen molar-refractivity contribution in [2.75, 3.05) is 0 Å². The summed E-state index contributed by atoms with van der Waals surface area (Å²) >= 11 is 0. The lowest BCUT2D eigenvalue weighted by molar-refractivity contribution is -0.142. The average Bonchev–Trinajstić information content (AvgIpc) is 2.34. The molecule has 0 bridgehead atoms. The lowest BCUT2D eigenvalue weighted by atomic mass is 9.86. The fourth-order valence-electron chi connectivity index (χ4n) is 1.73. The maximum Gasteiger partial charge on any atom is 0.330 e. The minimum atomic E-state index is -1.05. The van der Waals surface area contributed by atoms with Crippen molar-refractivity contribution in [1.29, 1.82) is 0 Å². The lowest BCUT2D eigenvalue weighted by Gasteiger charge is -2.20. The number of hydrogen-bond acceptors (Lipinski definition) is 2. The zero-order valence-corrected chi connectivity index (χ0v) is 11.9. The van der Waals surface area contributed by atoms with Crippen LogP contribution in [0.3, 0.4) is 0 Å². The van der Waals surface area contributed by atoms with Gasteiger partial charge in [0.15, 0.2) is 6.04 Å². The van der Waals surface area contributed by atoms with Crippen LogP contribution in [0.5, 0.6) is 0 Å². The molecular formula is C15H21NO3. The van der Waals surface area contributed by atoms with Crippen molar-refractivity contribution in [3.8, 4) is 0 Å². The third-order valence-electron chi connectivity index (χ3n) is 2.98. The summed E-state index contributed by atoms with van der Waals surface area (Å²) < 4.78 is 0. The molecule has 0 heterocycles. The number of carboxylic acid groups (broad SMARTS) is 1. The van der Waals surface area contributed by atoms with Crippen LogP contribution in [0.15, 0.2) is 24.3 Å². The summed E-state index contributed by atoms with van der Waals surface area (Å²) in [6.45, 7) is 7.97. The van der Waals surface area contributed by atoms with Crippen molar-refractivity contribution in [3.63, 3.8) is 0 Å². The first kappa shape index (κ1) is 15.2. The van der Waals surface area contributed by atoms with Gasteiger partial charge in [0, 0.05) is 6.42 Å². The largest absolute Gasteiger partial charge is 0.479 e. The molecule has 4 heteroatoms. The standard InChI is InChI=1S/C15H21NO3/c1-5-12(17)16-13(14(18)19)10-6-8-11(9-7-10)15(2,3)4/h6-9,13H,5H2,1-4H3,(H,16,17)(H,18,19). The number of aliphatic carboxylic acids is 1. The van der Waals surface area contributed by atoms with Crippen LogP contribution in [-0.2, 0) is 15.0 Å². The fourth-order valence-corrected chi connectivity index (χ4v) is 1.73. The van der Waals surface area contributed by atoms with E-state index in [1.807, 2.05) is 12.1 Å². The van der Waals surface area contributed by atoms with Gasteiger partial charge in [0.1, 0.15) is 0 Å². The number of carbonyl (C=O) groups is 2. The van der Waals surface area contributed by atoms with Gasteiger partial charge in [-0.25, -0.2) is 4.79 Å². The van der Waals surface area contributed by atoms with Gasteiger partial charge in [0.05, 0.1) is 0 Å². The van der Waals surface area contributed by atoms with Crippen molar-refractivity contribution in [3.05, 3.63) is 35.4 Å². The molecule has 0 spiro atoms. The second-order valence-electron chi connectivity index (χ2n) is 5.56. The molecule has 1 rings (SSSR count). The molecule has 1 amide bonds. The van der Waals surface area contributed by atoms with Gasteiger partial charge < -0.3 is 10.4 Å². The van der Waals surface area contributed by atoms with E-state index in [1.165, 1.54) is 0 Å². The van der Waals surface area contributed by atoms with Crippen LogP contribution in [0.1, 0.15) is 51.3 Å². The predicted octanol–water partition coefficient (Wildman–Crippen LogP) is 2.64. The van der Waals surface area contributed by atoms with E-state index in [2.05, 4.69) is 26.1 Å². The van der Waals surface area contributed by atoms with Crippen molar-refractivity contribution >= 4 is 11.9 Å². The molecule has 1 aromatic carbocycles.